The van der Waals surface area contributed by atoms with E-state index in [1.807, 2.05) is 36.4 Å². The van der Waals surface area contributed by atoms with Gasteiger partial charge in [0.1, 0.15) is 0 Å². The molecule has 25 heavy (non-hydrogen) atoms. The zero-order chi connectivity index (χ0) is 17.9. The summed E-state index contributed by atoms with van der Waals surface area (Å²) in [5.41, 5.74) is 3.50. The zero-order valence-electron chi connectivity index (χ0n) is 14.2. The number of anilines is 1. The van der Waals surface area contributed by atoms with Crippen molar-refractivity contribution in [3.8, 4) is 0 Å². The third kappa shape index (κ3) is 3.85. The largest absolute Gasteiger partial charge is 0.351 e. The van der Waals surface area contributed by atoms with Crippen LogP contribution in [0.1, 0.15) is 28.4 Å². The van der Waals surface area contributed by atoms with Gasteiger partial charge >= 0.3 is 0 Å². The zero-order valence-corrected chi connectivity index (χ0v) is 15.1. The summed E-state index contributed by atoms with van der Waals surface area (Å²) in [7, 11) is -3.44. The van der Waals surface area contributed by atoms with E-state index >= 15 is 0 Å². The molecule has 2 aromatic carbocycles. The van der Waals surface area contributed by atoms with Crippen molar-refractivity contribution in [3.63, 3.8) is 0 Å². The van der Waals surface area contributed by atoms with Crippen molar-refractivity contribution in [2.24, 2.45) is 0 Å². The Bertz CT molecular complexity index is 860. The van der Waals surface area contributed by atoms with Gasteiger partial charge in [-0.15, -0.1) is 0 Å². The Morgan fingerprint density at radius 2 is 1.84 bits per heavy atom. The molecule has 0 aliphatic carbocycles. The average Bonchev–Trinajstić information content (AvgIpc) is 3.06. The summed E-state index contributed by atoms with van der Waals surface area (Å²) in [5, 5.41) is 2.70. The number of amides is 1. The Kier molecular flexibility index (Phi) is 5.08. The summed E-state index contributed by atoms with van der Waals surface area (Å²) in [6.07, 6.45) is 1.64. The first-order valence-corrected chi connectivity index (χ1v) is 10.1. The van der Waals surface area contributed by atoms with Crippen LogP contribution in [0.4, 0.5) is 5.69 Å². The number of aryl methyl sites for hydroxylation is 1. The van der Waals surface area contributed by atoms with Crippen molar-refractivity contribution in [2.75, 3.05) is 23.1 Å². The van der Waals surface area contributed by atoms with E-state index in [0.29, 0.717) is 12.1 Å². The Morgan fingerprint density at radius 3 is 2.56 bits per heavy atom. The minimum absolute atomic E-state index is 0.0926. The highest BCUT2D eigenvalue weighted by Gasteiger charge is 2.28. The summed E-state index contributed by atoms with van der Waals surface area (Å²) in [6, 6.07) is 14.9. The molecule has 6 heteroatoms. The van der Waals surface area contributed by atoms with Gasteiger partial charge < -0.3 is 5.32 Å². The molecule has 3 rings (SSSR count). The number of rotatable bonds is 6. The van der Waals surface area contributed by atoms with Crippen molar-refractivity contribution in [3.05, 3.63) is 65.2 Å². The monoisotopic (exact) mass is 358 g/mol. The predicted molar refractivity (Wildman–Crippen MR) is 99.4 cm³/mol. The number of nitrogens with one attached hydrogen (secondary N) is 1. The SMILES string of the molecule is CCc1ccc(C(=O)NCCS(=O)(=O)N2CCc3ccccc32)cc1. The van der Waals surface area contributed by atoms with Gasteiger partial charge in [-0.2, -0.15) is 0 Å². The van der Waals surface area contributed by atoms with E-state index in [0.717, 1.165) is 29.7 Å². The smallest absolute Gasteiger partial charge is 0.251 e. The fourth-order valence-corrected chi connectivity index (χ4v) is 4.42. The summed E-state index contributed by atoms with van der Waals surface area (Å²) in [5.74, 6) is -0.361. The van der Waals surface area contributed by atoms with Gasteiger partial charge in [-0.25, -0.2) is 8.42 Å². The van der Waals surface area contributed by atoms with Crippen LogP contribution in [-0.4, -0.2) is 33.2 Å². The van der Waals surface area contributed by atoms with E-state index in [1.165, 1.54) is 4.31 Å². The minimum atomic E-state index is -3.44. The van der Waals surface area contributed by atoms with Crippen LogP contribution in [0.15, 0.2) is 48.5 Å². The summed E-state index contributed by atoms with van der Waals surface area (Å²) >= 11 is 0. The lowest BCUT2D eigenvalue weighted by Crippen LogP contribution is -2.37. The topological polar surface area (TPSA) is 66.5 Å². The normalized spacial score (nSPS) is 13.6. The summed E-state index contributed by atoms with van der Waals surface area (Å²) in [6.45, 7) is 2.61. The quantitative estimate of drug-likeness (QED) is 0.862. The maximum Gasteiger partial charge on any atom is 0.251 e. The molecule has 0 spiro atoms. The van der Waals surface area contributed by atoms with Crippen LogP contribution in [0.3, 0.4) is 0 Å². The number of sulfonamides is 1. The molecule has 0 bridgehead atoms. The van der Waals surface area contributed by atoms with E-state index in [2.05, 4.69) is 12.2 Å². The molecule has 5 nitrogen and oxygen atoms in total. The van der Waals surface area contributed by atoms with Gasteiger partial charge in [0.25, 0.3) is 5.91 Å². The molecule has 0 aromatic heterocycles. The number of benzene rings is 2. The Morgan fingerprint density at radius 1 is 1.12 bits per heavy atom. The molecule has 1 amide bonds. The van der Waals surface area contributed by atoms with Gasteiger partial charge in [0.05, 0.1) is 11.4 Å². The number of hydrogen-bond donors (Lipinski definition) is 1. The van der Waals surface area contributed by atoms with Crippen molar-refractivity contribution in [1.29, 1.82) is 0 Å². The highest BCUT2D eigenvalue weighted by Crippen LogP contribution is 2.29. The highest BCUT2D eigenvalue weighted by atomic mass is 32.2. The molecule has 132 valence electrons. The van der Waals surface area contributed by atoms with E-state index in [-0.39, 0.29) is 18.2 Å². The highest BCUT2D eigenvalue weighted by molar-refractivity contribution is 7.92. The third-order valence-corrected chi connectivity index (χ3v) is 6.22. The molecule has 0 fully saturated rings. The van der Waals surface area contributed by atoms with Gasteiger partial charge in [-0.05, 0) is 42.2 Å². The first kappa shape index (κ1) is 17.5. The number of fused-ring (bicyclic) bond motifs is 1. The van der Waals surface area contributed by atoms with Crippen LogP contribution in [0.2, 0.25) is 0 Å². The average molecular weight is 358 g/mol. The molecule has 2 aromatic rings. The van der Waals surface area contributed by atoms with Crippen LogP contribution < -0.4 is 9.62 Å². The lowest BCUT2D eigenvalue weighted by Gasteiger charge is -2.19. The molecule has 0 saturated carbocycles. The number of hydrogen-bond acceptors (Lipinski definition) is 3. The lowest BCUT2D eigenvalue weighted by atomic mass is 10.1. The molecular weight excluding hydrogens is 336 g/mol. The number of nitrogens with zero attached hydrogens (tertiary/aromatic N) is 1. The number of carbonyl (C=O) groups is 1. The van der Waals surface area contributed by atoms with Crippen molar-refractivity contribution in [2.45, 2.75) is 19.8 Å². The Balaban J connectivity index is 1.58. The van der Waals surface area contributed by atoms with Crippen LogP contribution in [0.25, 0.3) is 0 Å². The molecule has 1 aliphatic heterocycles. The van der Waals surface area contributed by atoms with Crippen molar-refractivity contribution < 1.29 is 13.2 Å². The molecule has 0 radical (unpaired) electrons. The lowest BCUT2D eigenvalue weighted by molar-refractivity contribution is 0.0956. The van der Waals surface area contributed by atoms with Crippen molar-refractivity contribution >= 4 is 21.6 Å². The second-order valence-electron chi connectivity index (χ2n) is 6.07. The van der Waals surface area contributed by atoms with E-state index < -0.39 is 10.0 Å². The standard InChI is InChI=1S/C19H22N2O3S/c1-2-15-7-9-17(10-8-15)19(22)20-12-14-25(23,24)21-13-11-16-5-3-4-6-18(16)21/h3-10H,2,11-14H2,1H3,(H,20,22). The van der Waals surface area contributed by atoms with Gasteiger partial charge in [0.15, 0.2) is 0 Å². The van der Waals surface area contributed by atoms with Crippen LogP contribution >= 0.6 is 0 Å². The van der Waals surface area contributed by atoms with Gasteiger partial charge in [-0.3, -0.25) is 9.10 Å². The number of para-hydroxylation sites is 1. The maximum absolute atomic E-state index is 12.6. The maximum atomic E-state index is 12.6. The number of carbonyl (C=O) groups excluding carboxylic acids is 1. The van der Waals surface area contributed by atoms with Crippen LogP contribution in [0, 0.1) is 0 Å². The Labute approximate surface area is 148 Å². The molecule has 1 aliphatic rings. The van der Waals surface area contributed by atoms with Crippen LogP contribution in [-0.2, 0) is 22.9 Å². The Hall–Kier alpha value is -2.34. The fraction of sp³-hybridized carbons (Fsp3) is 0.316. The second-order valence-corrected chi connectivity index (χ2v) is 8.09. The van der Waals surface area contributed by atoms with E-state index in [1.54, 1.807) is 12.1 Å². The predicted octanol–water partition coefficient (Wildman–Crippen LogP) is 2.37. The molecule has 0 atom stereocenters. The third-order valence-electron chi connectivity index (χ3n) is 4.45. The van der Waals surface area contributed by atoms with Gasteiger partial charge in [0.2, 0.25) is 10.0 Å². The van der Waals surface area contributed by atoms with E-state index in [9.17, 15) is 13.2 Å². The van der Waals surface area contributed by atoms with Crippen molar-refractivity contribution in [1.82, 2.24) is 5.32 Å². The minimum Gasteiger partial charge on any atom is -0.351 e. The first-order chi connectivity index (χ1) is 12.0. The fourth-order valence-electron chi connectivity index (χ4n) is 2.99. The van der Waals surface area contributed by atoms with Gasteiger partial charge in [-0.1, -0.05) is 37.3 Å². The molecule has 0 saturated heterocycles. The second kappa shape index (κ2) is 7.27. The first-order valence-electron chi connectivity index (χ1n) is 8.47. The molecular formula is C19H22N2O3S. The van der Waals surface area contributed by atoms with Gasteiger partial charge in [0, 0.05) is 18.7 Å². The summed E-state index contributed by atoms with van der Waals surface area (Å²) in [4.78, 5) is 12.1. The molecule has 1 N–H and O–H groups in total. The molecule has 0 unspecified atom stereocenters. The molecule has 1 heterocycles. The summed E-state index contributed by atoms with van der Waals surface area (Å²) < 4.78 is 26.6. The van der Waals surface area contributed by atoms with E-state index in [4.69, 9.17) is 0 Å². The van der Waals surface area contributed by atoms with Crippen LogP contribution in [0.5, 0.6) is 0 Å².